The number of hydrogen-bond acceptors (Lipinski definition) is 8. The van der Waals surface area contributed by atoms with Crippen molar-refractivity contribution in [3.63, 3.8) is 0 Å². The Labute approximate surface area is 168 Å². The van der Waals surface area contributed by atoms with E-state index in [0.29, 0.717) is 49.3 Å². The molecule has 0 aliphatic carbocycles. The second-order valence-corrected chi connectivity index (χ2v) is 8.83. The molecule has 1 fully saturated rings. The zero-order valence-electron chi connectivity index (χ0n) is 15.7. The van der Waals surface area contributed by atoms with Crippen molar-refractivity contribution in [1.29, 1.82) is 5.26 Å². The summed E-state index contributed by atoms with van der Waals surface area (Å²) in [5.74, 6) is 1.25. The normalized spacial score (nSPS) is 15.3. The Kier molecular flexibility index (Phi) is 5.38. The molecule has 0 radical (unpaired) electrons. The highest BCUT2D eigenvalue weighted by molar-refractivity contribution is 7.91. The van der Waals surface area contributed by atoms with Crippen molar-refractivity contribution < 1.29 is 17.3 Å². The van der Waals surface area contributed by atoms with Gasteiger partial charge in [-0.25, -0.2) is 8.42 Å². The summed E-state index contributed by atoms with van der Waals surface area (Å²) in [5, 5.41) is 9.39. The van der Waals surface area contributed by atoms with Crippen LogP contribution in [0.3, 0.4) is 0 Å². The lowest BCUT2D eigenvalue weighted by atomic mass is 10.3. The van der Waals surface area contributed by atoms with E-state index in [-0.39, 0.29) is 17.3 Å². The lowest BCUT2D eigenvalue weighted by molar-refractivity contribution is 0.267. The topological polar surface area (TPSA) is 104 Å². The van der Waals surface area contributed by atoms with Crippen LogP contribution in [-0.2, 0) is 9.84 Å². The van der Waals surface area contributed by atoms with E-state index in [0.717, 1.165) is 0 Å². The number of oxazole rings is 1. The number of anilines is 1. The predicted molar refractivity (Wildman–Crippen MR) is 106 cm³/mol. The number of nitrogens with zero attached hydrogens (tertiary/aromatic N) is 4. The molecule has 29 heavy (non-hydrogen) atoms. The van der Waals surface area contributed by atoms with E-state index in [9.17, 15) is 13.7 Å². The van der Waals surface area contributed by atoms with Crippen molar-refractivity contribution in [1.82, 2.24) is 9.88 Å². The van der Waals surface area contributed by atoms with Gasteiger partial charge in [0.1, 0.15) is 6.07 Å². The molecule has 3 aromatic rings. The molecule has 0 spiro atoms. The third-order valence-corrected chi connectivity index (χ3v) is 6.60. The van der Waals surface area contributed by atoms with Gasteiger partial charge in [0.2, 0.25) is 11.6 Å². The molecule has 1 saturated heterocycles. The maximum absolute atomic E-state index is 12.5. The zero-order valence-corrected chi connectivity index (χ0v) is 16.5. The van der Waals surface area contributed by atoms with Crippen molar-refractivity contribution in [3.8, 4) is 17.7 Å². The number of nitriles is 1. The largest absolute Gasteiger partial charge is 0.459 e. The Bertz CT molecular complexity index is 1090. The van der Waals surface area contributed by atoms with E-state index in [1.54, 1.807) is 42.5 Å². The fourth-order valence-electron chi connectivity index (χ4n) is 3.27. The minimum absolute atomic E-state index is 0.0748. The number of sulfone groups is 1. The molecule has 0 unspecified atom stereocenters. The van der Waals surface area contributed by atoms with Gasteiger partial charge >= 0.3 is 0 Å². The highest BCUT2D eigenvalue weighted by Crippen LogP contribution is 2.29. The van der Waals surface area contributed by atoms with Gasteiger partial charge in [0, 0.05) is 32.7 Å². The predicted octanol–water partition coefficient (Wildman–Crippen LogP) is 2.40. The Hall–Kier alpha value is -3.09. The van der Waals surface area contributed by atoms with Crippen molar-refractivity contribution in [2.24, 2.45) is 0 Å². The molecule has 0 amide bonds. The molecule has 0 saturated carbocycles. The maximum atomic E-state index is 12.5. The maximum Gasteiger partial charge on any atom is 0.266 e. The highest BCUT2D eigenvalue weighted by Gasteiger charge is 2.26. The van der Waals surface area contributed by atoms with Crippen LogP contribution in [0, 0.1) is 11.3 Å². The summed E-state index contributed by atoms with van der Waals surface area (Å²) in [6.07, 6.45) is 1.52. The lowest BCUT2D eigenvalue weighted by Crippen LogP contribution is -2.47. The number of aromatic nitrogens is 1. The first kappa shape index (κ1) is 19.2. The Morgan fingerprint density at radius 3 is 2.48 bits per heavy atom. The Morgan fingerprint density at radius 1 is 1.07 bits per heavy atom. The quantitative estimate of drug-likeness (QED) is 0.608. The summed E-state index contributed by atoms with van der Waals surface area (Å²) in [5.41, 5.74) is 0.219. The smallest absolute Gasteiger partial charge is 0.266 e. The van der Waals surface area contributed by atoms with E-state index in [1.807, 2.05) is 4.90 Å². The highest BCUT2D eigenvalue weighted by atomic mass is 32.2. The van der Waals surface area contributed by atoms with E-state index >= 15 is 0 Å². The number of hydrogen-bond donors (Lipinski definition) is 0. The minimum atomic E-state index is -3.30. The van der Waals surface area contributed by atoms with Crippen LogP contribution in [0.15, 0.2) is 62.5 Å². The summed E-state index contributed by atoms with van der Waals surface area (Å²) in [6.45, 7) is 3.04. The van der Waals surface area contributed by atoms with Gasteiger partial charge in [-0.1, -0.05) is 18.2 Å². The van der Waals surface area contributed by atoms with E-state index in [2.05, 4.69) is 16.0 Å². The van der Waals surface area contributed by atoms with E-state index in [1.165, 1.54) is 6.26 Å². The average Bonchev–Trinajstić information content (AvgIpc) is 3.43. The molecule has 150 valence electrons. The van der Waals surface area contributed by atoms with Crippen LogP contribution in [0.2, 0.25) is 0 Å². The number of furan rings is 1. The minimum Gasteiger partial charge on any atom is -0.459 e. The van der Waals surface area contributed by atoms with Crippen LogP contribution in [0.5, 0.6) is 0 Å². The second kappa shape index (κ2) is 8.11. The first-order valence-electron chi connectivity index (χ1n) is 9.27. The molecular weight excluding hydrogens is 392 g/mol. The van der Waals surface area contributed by atoms with Gasteiger partial charge in [-0.15, -0.1) is 0 Å². The summed E-state index contributed by atoms with van der Waals surface area (Å²) in [4.78, 5) is 8.63. The second-order valence-electron chi connectivity index (χ2n) is 6.72. The molecule has 8 nitrogen and oxygen atoms in total. The van der Waals surface area contributed by atoms with Crippen LogP contribution in [0.1, 0.15) is 5.69 Å². The van der Waals surface area contributed by atoms with Crippen molar-refractivity contribution in [2.45, 2.75) is 4.90 Å². The van der Waals surface area contributed by atoms with Crippen LogP contribution < -0.4 is 4.90 Å². The van der Waals surface area contributed by atoms with Gasteiger partial charge in [0.05, 0.1) is 16.9 Å². The molecule has 2 aromatic heterocycles. The lowest BCUT2D eigenvalue weighted by Gasteiger charge is -2.34. The summed E-state index contributed by atoms with van der Waals surface area (Å²) < 4.78 is 36.0. The Morgan fingerprint density at radius 2 is 1.83 bits per heavy atom. The van der Waals surface area contributed by atoms with Gasteiger partial charge in [-0.2, -0.15) is 10.2 Å². The summed E-state index contributed by atoms with van der Waals surface area (Å²) >= 11 is 0. The number of rotatable bonds is 6. The van der Waals surface area contributed by atoms with Gasteiger partial charge in [0.15, 0.2) is 15.6 Å². The van der Waals surface area contributed by atoms with Crippen LogP contribution in [0.4, 0.5) is 5.88 Å². The van der Waals surface area contributed by atoms with Gasteiger partial charge in [-0.05, 0) is 24.3 Å². The molecule has 1 aromatic carbocycles. The first-order valence-corrected chi connectivity index (χ1v) is 10.9. The SMILES string of the molecule is N#Cc1nc(-c2ccco2)oc1N1CCN(CCS(=O)(=O)c2ccccc2)CC1. The number of piperazine rings is 1. The van der Waals surface area contributed by atoms with Crippen LogP contribution in [-0.4, -0.2) is 56.8 Å². The summed E-state index contributed by atoms with van der Waals surface area (Å²) in [7, 11) is -3.30. The van der Waals surface area contributed by atoms with Gasteiger partial charge in [-0.3, -0.25) is 4.90 Å². The monoisotopic (exact) mass is 412 g/mol. The van der Waals surface area contributed by atoms with Crippen molar-refractivity contribution in [2.75, 3.05) is 43.4 Å². The standard InChI is InChI=1S/C20H20N4O4S/c21-15-17-20(28-19(22-17)18-7-4-13-27-18)24-10-8-23(9-11-24)12-14-29(25,26)16-5-2-1-3-6-16/h1-7,13H,8-12,14H2. The van der Waals surface area contributed by atoms with Crippen molar-refractivity contribution in [3.05, 3.63) is 54.4 Å². The molecule has 0 atom stereocenters. The molecule has 1 aliphatic heterocycles. The fraction of sp³-hybridized carbons (Fsp3) is 0.300. The molecule has 1 aliphatic rings. The molecule has 0 bridgehead atoms. The third-order valence-electron chi connectivity index (χ3n) is 4.89. The van der Waals surface area contributed by atoms with Gasteiger partial charge in [0.25, 0.3) is 5.89 Å². The summed E-state index contributed by atoms with van der Waals surface area (Å²) in [6, 6.07) is 14.0. The average molecular weight is 412 g/mol. The van der Waals surface area contributed by atoms with Crippen LogP contribution >= 0.6 is 0 Å². The zero-order chi connectivity index (χ0) is 20.3. The number of benzene rings is 1. The third kappa shape index (κ3) is 4.18. The van der Waals surface area contributed by atoms with Crippen molar-refractivity contribution >= 4 is 15.7 Å². The van der Waals surface area contributed by atoms with E-state index < -0.39 is 9.84 Å². The molecule has 4 rings (SSSR count). The van der Waals surface area contributed by atoms with E-state index in [4.69, 9.17) is 8.83 Å². The van der Waals surface area contributed by atoms with Gasteiger partial charge < -0.3 is 13.7 Å². The Balaban J connectivity index is 1.37. The van der Waals surface area contributed by atoms with Crippen LogP contribution in [0.25, 0.3) is 11.7 Å². The first-order chi connectivity index (χ1) is 14.1. The fourth-order valence-corrected chi connectivity index (χ4v) is 4.58. The molecule has 3 heterocycles. The molecular formula is C20H20N4O4S. The molecule has 9 heteroatoms. The molecule has 0 N–H and O–H groups in total.